The molecule has 1 heterocycles. The highest BCUT2D eigenvalue weighted by Gasteiger charge is 2.54. The van der Waals surface area contributed by atoms with Gasteiger partial charge in [0.25, 0.3) is 0 Å². The van der Waals surface area contributed by atoms with Gasteiger partial charge in [0.05, 0.1) is 35.9 Å². The Balaban J connectivity index is 1.66. The highest BCUT2D eigenvalue weighted by Crippen LogP contribution is 2.32. The van der Waals surface area contributed by atoms with Gasteiger partial charge in [-0.15, -0.1) is 0 Å². The van der Waals surface area contributed by atoms with Crippen molar-refractivity contribution in [1.82, 2.24) is 5.32 Å². The molecule has 0 radical (unpaired) electrons. The number of esters is 3. The Kier molecular flexibility index (Phi) is 33.3. The molecule has 1 fully saturated rings. The molecule has 18 nitrogen and oxygen atoms in total. The Labute approximate surface area is 481 Å². The minimum absolute atomic E-state index is 0.0254. The molecule has 0 bridgehead atoms. The lowest BCUT2D eigenvalue weighted by Crippen LogP contribution is -2.63. The van der Waals surface area contributed by atoms with Crippen molar-refractivity contribution < 1.29 is 77.2 Å². The number of rotatable bonds is 43. The van der Waals surface area contributed by atoms with E-state index in [0.717, 1.165) is 51.4 Å². The first-order chi connectivity index (χ1) is 39.1. The minimum atomic E-state index is -5.52. The molecule has 0 aliphatic carbocycles. The van der Waals surface area contributed by atoms with Crippen LogP contribution in [0.1, 0.15) is 212 Å². The molecular formula is C61H89NO17S2. The molecule has 1 aliphatic rings. The molecule has 0 saturated carbocycles. The highest BCUT2D eigenvalue weighted by molar-refractivity contribution is 7.81. The van der Waals surface area contributed by atoms with Crippen LogP contribution in [0.3, 0.4) is 0 Å². The van der Waals surface area contributed by atoms with E-state index in [4.69, 9.17) is 27.9 Å². The summed E-state index contributed by atoms with van der Waals surface area (Å²) in [6, 6.07) is 21.9. The average Bonchev–Trinajstić information content (AvgIpc) is 3.49. The van der Waals surface area contributed by atoms with Crippen molar-refractivity contribution in [1.29, 1.82) is 0 Å². The average molecular weight is 1170 g/mol. The largest absolute Gasteiger partial charge is 0.452 e. The fourth-order valence-electron chi connectivity index (χ4n) is 9.53. The number of unbranched alkanes of at least 4 members (excludes halogenated alkanes) is 23. The predicted molar refractivity (Wildman–Crippen MR) is 308 cm³/mol. The molecule has 4 rings (SSSR count). The number of ether oxygens (including phenoxy) is 5. The number of carbonyl (C=O) groups is 4. The number of carbonyl (C=O) groups excluding carboxylic acids is 4. The van der Waals surface area contributed by atoms with E-state index >= 15 is 0 Å². The Hall–Kier alpha value is -5.06. The van der Waals surface area contributed by atoms with E-state index in [9.17, 15) is 45.1 Å². The van der Waals surface area contributed by atoms with Gasteiger partial charge in [-0.1, -0.05) is 216 Å². The van der Waals surface area contributed by atoms with E-state index < -0.39 is 101 Å². The molecule has 81 heavy (non-hydrogen) atoms. The fourth-order valence-corrected chi connectivity index (χ4v) is 10.3. The molecule has 1 amide bonds. The highest BCUT2D eigenvalue weighted by atomic mass is 32.3. The second-order valence-corrected chi connectivity index (χ2v) is 22.8. The van der Waals surface area contributed by atoms with Crippen LogP contribution in [0, 0.1) is 0 Å². The maximum absolute atomic E-state index is 14.1. The second-order valence-electron chi connectivity index (χ2n) is 20.7. The van der Waals surface area contributed by atoms with Crippen molar-refractivity contribution in [2.24, 2.45) is 0 Å². The monoisotopic (exact) mass is 1170 g/mol. The van der Waals surface area contributed by atoms with Crippen LogP contribution in [0.5, 0.6) is 0 Å². The van der Waals surface area contributed by atoms with E-state index in [1.807, 2.05) is 6.08 Å². The third-order valence-corrected chi connectivity index (χ3v) is 14.9. The van der Waals surface area contributed by atoms with Crippen LogP contribution in [0.15, 0.2) is 103 Å². The first kappa shape index (κ1) is 68.4. The van der Waals surface area contributed by atoms with Crippen LogP contribution < -0.4 is 5.32 Å². The smallest absolute Gasteiger partial charge is 0.397 e. The summed E-state index contributed by atoms with van der Waals surface area (Å²) in [4.78, 5) is 55.8. The topological polar surface area (TPSA) is 254 Å². The lowest BCUT2D eigenvalue weighted by atomic mass is 9.98. The summed E-state index contributed by atoms with van der Waals surface area (Å²) in [5.74, 6) is -3.30. The van der Waals surface area contributed by atoms with Crippen LogP contribution in [0.4, 0.5) is 0 Å². The first-order valence-corrected chi connectivity index (χ1v) is 32.1. The summed E-state index contributed by atoms with van der Waals surface area (Å²) in [7, 11) is -10.8. The zero-order chi connectivity index (χ0) is 58.6. The summed E-state index contributed by atoms with van der Waals surface area (Å²) in [6.07, 6.45) is 19.8. The minimum Gasteiger partial charge on any atom is -0.452 e. The van der Waals surface area contributed by atoms with Gasteiger partial charge >= 0.3 is 38.7 Å². The quantitative estimate of drug-likeness (QED) is 0.0156. The Morgan fingerprint density at radius 3 is 1.41 bits per heavy atom. The SMILES string of the molecule is CCCCCCCCCCCCC/C=C/[C@@H](OC(=O)c1ccccc1)[C@H](CO[C@@H]1O[C@H](COS(=O)(=O)O)[C@H](OS(=O)(=O)O)[C@H](OC(=O)c2ccccc2)[C@H]1OC(=O)c1ccccc1)NC(=O)CCCCCCCCCCCCCCC. The lowest BCUT2D eigenvalue weighted by Gasteiger charge is -2.44. The van der Waals surface area contributed by atoms with Crippen LogP contribution in [-0.4, -0.2) is 106 Å². The van der Waals surface area contributed by atoms with Crippen molar-refractivity contribution >= 4 is 44.6 Å². The molecule has 0 unspecified atom stereocenters. The number of amides is 1. The van der Waals surface area contributed by atoms with Gasteiger partial charge < -0.3 is 29.0 Å². The number of allylic oxidation sites excluding steroid dienone is 1. The molecule has 0 spiro atoms. The lowest BCUT2D eigenvalue weighted by molar-refractivity contribution is -0.296. The van der Waals surface area contributed by atoms with Crippen molar-refractivity contribution in [2.45, 2.75) is 224 Å². The molecule has 0 aromatic heterocycles. The standard InChI is InChI=1S/C61H89NO17S2/c1-3-5-7-9-11-13-15-17-19-21-23-25-36-44-52(75-58(64)48-38-30-27-31-39-48)51(62-54(63)45-37-26-24-22-20-18-16-14-12-10-8-6-4-2)46-73-61-57(78-60(66)50-42-34-29-35-43-50)56(77-59(65)49-40-32-28-33-41-49)55(79-81(70,71)72)53(76-61)47-74-80(67,68)69/h27-36,38-44,51-53,55-57,61H,3-26,37,45-47H2,1-2H3,(H,62,63)(H,67,68,69)(H,70,71,72)/b44-36+/t51-,52+,53+,55-,56-,57+,61+/m0/s1. The maximum atomic E-state index is 14.1. The second kappa shape index (κ2) is 39.4. The normalized spacial score (nSPS) is 18.2. The van der Waals surface area contributed by atoms with Crippen molar-refractivity contribution in [3.63, 3.8) is 0 Å². The Morgan fingerprint density at radius 1 is 0.543 bits per heavy atom. The molecule has 3 aromatic rings. The number of nitrogens with one attached hydrogen (secondary N) is 1. The van der Waals surface area contributed by atoms with Crippen LogP contribution in [0.25, 0.3) is 0 Å². The Bertz CT molecular complexity index is 2480. The zero-order valence-corrected chi connectivity index (χ0v) is 49.1. The van der Waals surface area contributed by atoms with Crippen LogP contribution in [0.2, 0.25) is 0 Å². The molecule has 1 aliphatic heterocycles. The van der Waals surface area contributed by atoms with Gasteiger partial charge in [0.15, 0.2) is 18.5 Å². The van der Waals surface area contributed by atoms with Crippen molar-refractivity contribution in [2.75, 3.05) is 13.2 Å². The van der Waals surface area contributed by atoms with Gasteiger partial charge in [-0.3, -0.25) is 13.9 Å². The van der Waals surface area contributed by atoms with Crippen molar-refractivity contribution in [3.8, 4) is 0 Å². The van der Waals surface area contributed by atoms with Gasteiger partial charge in [0, 0.05) is 6.42 Å². The van der Waals surface area contributed by atoms with Crippen LogP contribution in [-0.2, 0) is 57.6 Å². The van der Waals surface area contributed by atoms with Crippen LogP contribution >= 0.6 is 0 Å². The van der Waals surface area contributed by atoms with Gasteiger partial charge in [-0.05, 0) is 61.7 Å². The summed E-state index contributed by atoms with van der Waals surface area (Å²) in [5, 5.41) is 2.98. The molecule has 7 atom stereocenters. The molecule has 3 aromatic carbocycles. The number of hydrogen-bond donors (Lipinski definition) is 3. The van der Waals surface area contributed by atoms with Crippen molar-refractivity contribution in [3.05, 3.63) is 120 Å². The van der Waals surface area contributed by atoms with Gasteiger partial charge in [-0.25, -0.2) is 22.7 Å². The molecule has 452 valence electrons. The van der Waals surface area contributed by atoms with Gasteiger partial charge in [-0.2, -0.15) is 16.8 Å². The van der Waals surface area contributed by atoms with E-state index in [1.165, 1.54) is 145 Å². The fraction of sp³-hybridized carbons (Fsp3) is 0.607. The number of benzene rings is 3. The third-order valence-electron chi connectivity index (χ3n) is 14.0. The summed E-state index contributed by atoms with van der Waals surface area (Å²) >= 11 is 0. The van der Waals surface area contributed by atoms with Gasteiger partial charge in [0.2, 0.25) is 5.91 Å². The molecule has 1 saturated heterocycles. The first-order valence-electron chi connectivity index (χ1n) is 29.4. The number of hydrogen-bond acceptors (Lipinski definition) is 15. The zero-order valence-electron chi connectivity index (χ0n) is 47.5. The molecule has 3 N–H and O–H groups in total. The molecular weight excluding hydrogens is 1080 g/mol. The summed E-state index contributed by atoms with van der Waals surface area (Å²) in [6.45, 7) is 2.60. The van der Waals surface area contributed by atoms with E-state index in [1.54, 1.807) is 48.5 Å². The summed E-state index contributed by atoms with van der Waals surface area (Å²) in [5.41, 5.74) is 0.125. The third kappa shape index (κ3) is 29.2. The Morgan fingerprint density at radius 2 is 0.963 bits per heavy atom. The predicted octanol–water partition coefficient (Wildman–Crippen LogP) is 12.6. The molecule has 20 heteroatoms. The van der Waals surface area contributed by atoms with Gasteiger partial charge in [0.1, 0.15) is 18.3 Å². The summed E-state index contributed by atoms with van der Waals surface area (Å²) < 4.78 is 109. The van der Waals surface area contributed by atoms with E-state index in [0.29, 0.717) is 12.8 Å². The maximum Gasteiger partial charge on any atom is 0.397 e. The van der Waals surface area contributed by atoms with E-state index in [2.05, 4.69) is 23.3 Å². The van der Waals surface area contributed by atoms with E-state index in [-0.39, 0.29) is 23.1 Å².